The maximum atomic E-state index is 12.3. The smallest absolute Gasteiger partial charge is 0.231 e. The van der Waals surface area contributed by atoms with E-state index >= 15 is 0 Å². The summed E-state index contributed by atoms with van der Waals surface area (Å²) < 4.78 is 16.6. The van der Waals surface area contributed by atoms with Crippen molar-refractivity contribution in [2.75, 3.05) is 45.3 Å². The zero-order valence-corrected chi connectivity index (χ0v) is 18.2. The molecule has 0 aromatic heterocycles. The molecule has 1 atom stereocenters. The highest BCUT2D eigenvalue weighted by Gasteiger charge is 2.23. The minimum Gasteiger partial charge on any atom is -0.493 e. The third-order valence-electron chi connectivity index (χ3n) is 6.00. The molecular weight excluding hydrogens is 384 g/mol. The Bertz CT molecular complexity index is 718. The van der Waals surface area contributed by atoms with Gasteiger partial charge in [0.1, 0.15) is 5.78 Å². The van der Waals surface area contributed by atoms with Gasteiger partial charge in [-0.1, -0.05) is 0 Å². The molecule has 1 N–H and O–H groups in total. The average Bonchev–Trinajstić information content (AvgIpc) is 3.16. The highest BCUT2D eigenvalue weighted by molar-refractivity contribution is 6.05. The normalized spacial score (nSPS) is 20.1. The van der Waals surface area contributed by atoms with Crippen LogP contribution >= 0.6 is 0 Å². The van der Waals surface area contributed by atoms with E-state index in [-0.39, 0.29) is 24.0 Å². The number of nitrogens with zero attached hydrogens (tertiary/aromatic N) is 1. The Kier molecular flexibility index (Phi) is 8.51. The second-order valence-corrected chi connectivity index (χ2v) is 8.17. The second kappa shape index (κ2) is 11.3. The van der Waals surface area contributed by atoms with Gasteiger partial charge in [-0.25, -0.2) is 0 Å². The van der Waals surface area contributed by atoms with Crippen molar-refractivity contribution in [3.05, 3.63) is 18.2 Å². The molecule has 0 saturated carbocycles. The highest BCUT2D eigenvalue weighted by atomic mass is 16.5. The molecule has 1 unspecified atom stereocenters. The molecule has 3 rings (SSSR count). The van der Waals surface area contributed by atoms with Gasteiger partial charge in [0.15, 0.2) is 11.5 Å². The van der Waals surface area contributed by atoms with Gasteiger partial charge in [0.05, 0.1) is 20.1 Å². The molecule has 7 heteroatoms. The zero-order valence-electron chi connectivity index (χ0n) is 18.2. The predicted molar refractivity (Wildman–Crippen MR) is 115 cm³/mol. The number of hydrogen-bond donors (Lipinski definition) is 1. The van der Waals surface area contributed by atoms with Crippen LogP contribution in [0, 0.1) is 5.92 Å². The zero-order chi connectivity index (χ0) is 21.3. The fraction of sp³-hybridized carbons (Fsp3) is 0.652. The van der Waals surface area contributed by atoms with Gasteiger partial charge < -0.3 is 24.4 Å². The van der Waals surface area contributed by atoms with Crippen molar-refractivity contribution >= 4 is 17.4 Å². The summed E-state index contributed by atoms with van der Waals surface area (Å²) in [5, 5.41) is 2.81. The first-order valence-corrected chi connectivity index (χ1v) is 11.0. The van der Waals surface area contributed by atoms with E-state index in [2.05, 4.69) is 17.1 Å². The minimum absolute atomic E-state index is 0.0167. The Labute approximate surface area is 179 Å². The molecule has 2 saturated heterocycles. The van der Waals surface area contributed by atoms with Crippen LogP contribution in [0.4, 0.5) is 5.69 Å². The van der Waals surface area contributed by atoms with Gasteiger partial charge in [0.2, 0.25) is 5.91 Å². The molecular formula is C23H34N2O5. The second-order valence-electron chi connectivity index (χ2n) is 8.17. The fourth-order valence-corrected chi connectivity index (χ4v) is 4.17. The number of benzene rings is 1. The summed E-state index contributed by atoms with van der Waals surface area (Å²) in [6, 6.07) is 5.94. The Morgan fingerprint density at radius 3 is 2.70 bits per heavy atom. The maximum Gasteiger partial charge on any atom is 0.231 e. The molecule has 30 heavy (non-hydrogen) atoms. The number of nitrogens with one attached hydrogen (secondary N) is 1. The molecule has 1 amide bonds. The van der Waals surface area contributed by atoms with E-state index in [9.17, 15) is 9.59 Å². The van der Waals surface area contributed by atoms with Gasteiger partial charge in [0.25, 0.3) is 0 Å². The largest absolute Gasteiger partial charge is 0.493 e. The van der Waals surface area contributed by atoms with Gasteiger partial charge in [-0.05, 0) is 57.7 Å². The van der Waals surface area contributed by atoms with Crippen LogP contribution < -0.4 is 14.8 Å². The monoisotopic (exact) mass is 418 g/mol. The van der Waals surface area contributed by atoms with Gasteiger partial charge >= 0.3 is 0 Å². The third kappa shape index (κ3) is 6.44. The van der Waals surface area contributed by atoms with Gasteiger partial charge in [-0.15, -0.1) is 0 Å². The molecule has 1 aromatic carbocycles. The van der Waals surface area contributed by atoms with Gasteiger partial charge in [0, 0.05) is 43.5 Å². The highest BCUT2D eigenvalue weighted by Crippen LogP contribution is 2.30. The lowest BCUT2D eigenvalue weighted by Gasteiger charge is -2.21. The first-order valence-electron chi connectivity index (χ1n) is 11.0. The first-order chi connectivity index (χ1) is 14.6. The molecule has 2 aliphatic heterocycles. The van der Waals surface area contributed by atoms with Crippen molar-refractivity contribution in [3.8, 4) is 11.5 Å². The summed E-state index contributed by atoms with van der Waals surface area (Å²) in [7, 11) is 1.60. The van der Waals surface area contributed by atoms with Crippen LogP contribution in [0.2, 0.25) is 0 Å². The summed E-state index contributed by atoms with van der Waals surface area (Å²) in [5.74, 6) is 0.835. The molecule has 0 aliphatic carbocycles. The number of methoxy groups -OCH3 is 1. The van der Waals surface area contributed by atoms with Crippen LogP contribution in [0.1, 0.15) is 45.4 Å². The van der Waals surface area contributed by atoms with Crippen LogP contribution in [0.3, 0.4) is 0 Å². The molecule has 2 fully saturated rings. The van der Waals surface area contributed by atoms with E-state index in [0.717, 1.165) is 13.0 Å². The molecule has 2 heterocycles. The van der Waals surface area contributed by atoms with Crippen molar-refractivity contribution in [1.29, 1.82) is 0 Å². The van der Waals surface area contributed by atoms with Crippen LogP contribution in [0.15, 0.2) is 18.2 Å². The number of anilines is 1. The van der Waals surface area contributed by atoms with E-state index in [1.165, 1.54) is 19.4 Å². The van der Waals surface area contributed by atoms with Gasteiger partial charge in [-0.3, -0.25) is 9.59 Å². The van der Waals surface area contributed by atoms with E-state index in [0.29, 0.717) is 55.9 Å². The molecule has 2 aliphatic rings. The number of carbonyl (C=O) groups is 2. The van der Waals surface area contributed by atoms with Crippen LogP contribution in [-0.4, -0.2) is 62.7 Å². The Morgan fingerprint density at radius 1 is 1.20 bits per heavy atom. The maximum absolute atomic E-state index is 12.3. The van der Waals surface area contributed by atoms with Crippen molar-refractivity contribution in [2.24, 2.45) is 5.92 Å². The molecule has 7 nitrogen and oxygen atoms in total. The number of ether oxygens (including phenoxy) is 3. The summed E-state index contributed by atoms with van der Waals surface area (Å²) in [4.78, 5) is 27.1. The minimum atomic E-state index is -0.300. The number of rotatable bonds is 10. The van der Waals surface area contributed by atoms with Crippen LogP contribution in [0.25, 0.3) is 0 Å². The van der Waals surface area contributed by atoms with Crippen molar-refractivity contribution in [3.63, 3.8) is 0 Å². The van der Waals surface area contributed by atoms with E-state index < -0.39 is 0 Å². The Balaban J connectivity index is 1.49. The number of likely N-dealkylation sites (tertiary alicyclic amines) is 1. The SMILES string of the molecule is COc1ccc(NC(=O)CC(=O)C2CCOCC2)cc1OCCCN1CCCC1C. The van der Waals surface area contributed by atoms with Crippen molar-refractivity contribution in [1.82, 2.24) is 4.90 Å². The van der Waals surface area contributed by atoms with E-state index in [1.807, 2.05) is 0 Å². The van der Waals surface area contributed by atoms with E-state index in [1.54, 1.807) is 25.3 Å². The van der Waals surface area contributed by atoms with Crippen LogP contribution in [-0.2, 0) is 14.3 Å². The Morgan fingerprint density at radius 2 is 2.00 bits per heavy atom. The number of ketones is 1. The summed E-state index contributed by atoms with van der Waals surface area (Å²) >= 11 is 0. The number of hydrogen-bond acceptors (Lipinski definition) is 6. The average molecular weight is 419 g/mol. The predicted octanol–water partition coefficient (Wildman–Crippen LogP) is 3.27. The quantitative estimate of drug-likeness (QED) is 0.464. The lowest BCUT2D eigenvalue weighted by Crippen LogP contribution is -2.28. The molecule has 0 radical (unpaired) electrons. The Hall–Kier alpha value is -2.12. The van der Waals surface area contributed by atoms with Crippen LogP contribution in [0.5, 0.6) is 11.5 Å². The molecule has 0 bridgehead atoms. The molecule has 0 spiro atoms. The van der Waals surface area contributed by atoms with Crippen molar-refractivity contribution in [2.45, 2.75) is 51.5 Å². The standard InChI is InChI=1S/C23H34N2O5/c1-17-5-3-10-25(17)11-4-12-30-22-15-19(6-7-21(22)28-2)24-23(27)16-20(26)18-8-13-29-14-9-18/h6-7,15,17-18H,3-5,8-14,16H2,1-2H3,(H,24,27). The third-order valence-corrected chi connectivity index (χ3v) is 6.00. The van der Waals surface area contributed by atoms with Crippen molar-refractivity contribution < 1.29 is 23.8 Å². The topological polar surface area (TPSA) is 77.1 Å². The fourth-order valence-electron chi connectivity index (χ4n) is 4.17. The first kappa shape index (κ1) is 22.6. The van der Waals surface area contributed by atoms with E-state index in [4.69, 9.17) is 14.2 Å². The number of carbonyl (C=O) groups excluding carboxylic acids is 2. The molecule has 1 aromatic rings. The molecule has 166 valence electrons. The number of amides is 1. The summed E-state index contributed by atoms with van der Waals surface area (Å²) in [6.07, 6.45) is 4.76. The summed E-state index contributed by atoms with van der Waals surface area (Å²) in [6.45, 7) is 6.23. The lowest BCUT2D eigenvalue weighted by atomic mass is 9.93. The summed E-state index contributed by atoms with van der Waals surface area (Å²) in [5.41, 5.74) is 0.601. The lowest BCUT2D eigenvalue weighted by molar-refractivity contribution is -0.130. The van der Waals surface area contributed by atoms with Gasteiger partial charge in [-0.2, -0.15) is 0 Å². The number of Topliss-reactive ketones (excluding diaryl/α,β-unsaturated/α-hetero) is 1.